The molecule has 0 saturated heterocycles. The lowest BCUT2D eigenvalue weighted by Crippen LogP contribution is -2.30. The number of hydrogen-bond acceptors (Lipinski definition) is 4. The fourth-order valence-electron chi connectivity index (χ4n) is 2.55. The maximum absolute atomic E-state index is 12.3. The topological polar surface area (TPSA) is 58.1 Å². The molecule has 3 aromatic rings. The fourth-order valence-corrected chi connectivity index (χ4v) is 2.55. The lowest BCUT2D eigenvalue weighted by atomic mass is 10.2. The molecule has 1 aromatic heterocycles. The fraction of sp³-hybridized carbons (Fsp3) is 0.211. The van der Waals surface area contributed by atoms with E-state index in [-0.39, 0.29) is 5.91 Å². The number of aromatic nitrogens is 2. The largest absolute Gasteiger partial charge is 0.339 e. The molecule has 0 aliphatic carbocycles. The molecule has 0 radical (unpaired) electrons. The van der Waals surface area contributed by atoms with Crippen LogP contribution in [0.4, 0.5) is 11.5 Å². The van der Waals surface area contributed by atoms with Gasteiger partial charge in [0.15, 0.2) is 0 Å². The van der Waals surface area contributed by atoms with Crippen LogP contribution >= 0.6 is 0 Å². The highest BCUT2D eigenvalue weighted by Crippen LogP contribution is 2.18. The second-order valence-electron chi connectivity index (χ2n) is 5.42. The van der Waals surface area contributed by atoms with Gasteiger partial charge in [-0.15, -0.1) is 0 Å². The Morgan fingerprint density at radius 3 is 2.33 bits per heavy atom. The molecule has 0 aliphatic heterocycles. The van der Waals surface area contributed by atoms with Crippen molar-refractivity contribution in [3.05, 3.63) is 60.3 Å². The Morgan fingerprint density at radius 2 is 1.67 bits per heavy atom. The Kier molecular flexibility index (Phi) is 4.70. The van der Waals surface area contributed by atoms with E-state index in [0.717, 1.165) is 16.7 Å². The average Bonchev–Trinajstić information content (AvgIpc) is 2.63. The van der Waals surface area contributed by atoms with Gasteiger partial charge in [-0.25, -0.2) is 4.98 Å². The van der Waals surface area contributed by atoms with Crippen molar-refractivity contribution in [1.29, 1.82) is 0 Å². The van der Waals surface area contributed by atoms with Crippen molar-refractivity contribution in [2.24, 2.45) is 0 Å². The minimum absolute atomic E-state index is 0.0528. The van der Waals surface area contributed by atoms with Crippen molar-refractivity contribution in [3.63, 3.8) is 0 Å². The number of amides is 1. The third-order valence-electron chi connectivity index (χ3n) is 3.90. The normalized spacial score (nSPS) is 10.6. The third-order valence-corrected chi connectivity index (χ3v) is 3.90. The van der Waals surface area contributed by atoms with E-state index >= 15 is 0 Å². The zero-order chi connectivity index (χ0) is 16.9. The summed E-state index contributed by atoms with van der Waals surface area (Å²) in [5.41, 5.74) is 3.27. The molecule has 0 aliphatic rings. The number of para-hydroxylation sites is 2. The molecule has 0 spiro atoms. The summed E-state index contributed by atoms with van der Waals surface area (Å²) in [6, 6.07) is 15.2. The molecule has 24 heavy (non-hydrogen) atoms. The van der Waals surface area contributed by atoms with E-state index in [1.165, 1.54) is 0 Å². The average molecular weight is 320 g/mol. The first-order chi connectivity index (χ1) is 11.7. The molecule has 5 heteroatoms. The van der Waals surface area contributed by atoms with Gasteiger partial charge in [-0.05, 0) is 50.2 Å². The Labute approximate surface area is 141 Å². The third kappa shape index (κ3) is 3.35. The second-order valence-corrected chi connectivity index (χ2v) is 5.42. The van der Waals surface area contributed by atoms with E-state index in [1.807, 2.05) is 62.4 Å². The number of nitrogens with zero attached hydrogens (tertiary/aromatic N) is 3. The molecule has 1 N–H and O–H groups in total. The number of nitrogens with one attached hydrogen (secondary N) is 1. The number of benzene rings is 2. The van der Waals surface area contributed by atoms with Crippen LogP contribution in [-0.4, -0.2) is 33.9 Å². The highest BCUT2D eigenvalue weighted by Gasteiger charge is 2.11. The van der Waals surface area contributed by atoms with Gasteiger partial charge < -0.3 is 10.2 Å². The SMILES string of the molecule is CCN(CC)C(=O)c1ccc(Nc2cnc3ccccc3n2)cc1. The van der Waals surface area contributed by atoms with Crippen LogP contribution in [0.15, 0.2) is 54.7 Å². The highest BCUT2D eigenvalue weighted by molar-refractivity contribution is 5.94. The maximum atomic E-state index is 12.3. The van der Waals surface area contributed by atoms with Crippen molar-refractivity contribution in [2.75, 3.05) is 18.4 Å². The van der Waals surface area contributed by atoms with Crippen LogP contribution in [-0.2, 0) is 0 Å². The first-order valence-corrected chi connectivity index (χ1v) is 8.09. The van der Waals surface area contributed by atoms with Crippen molar-refractivity contribution in [2.45, 2.75) is 13.8 Å². The smallest absolute Gasteiger partial charge is 0.253 e. The molecular formula is C19H20N4O. The molecule has 1 amide bonds. The minimum Gasteiger partial charge on any atom is -0.339 e. The summed E-state index contributed by atoms with van der Waals surface area (Å²) >= 11 is 0. The predicted octanol–water partition coefficient (Wildman–Crippen LogP) is 3.86. The molecule has 3 rings (SSSR count). The van der Waals surface area contributed by atoms with Crippen LogP contribution in [0.1, 0.15) is 24.2 Å². The molecule has 0 saturated carbocycles. The summed E-state index contributed by atoms with van der Waals surface area (Å²) in [5, 5.41) is 3.22. The van der Waals surface area contributed by atoms with Gasteiger partial charge in [0.25, 0.3) is 5.91 Å². The first-order valence-electron chi connectivity index (χ1n) is 8.09. The zero-order valence-corrected chi connectivity index (χ0v) is 13.9. The Hall–Kier alpha value is -2.95. The van der Waals surface area contributed by atoms with Crippen molar-refractivity contribution in [3.8, 4) is 0 Å². The van der Waals surface area contributed by atoms with Gasteiger partial charge in [0.1, 0.15) is 5.82 Å². The van der Waals surface area contributed by atoms with E-state index in [0.29, 0.717) is 24.5 Å². The molecular weight excluding hydrogens is 300 g/mol. The summed E-state index contributed by atoms with van der Waals surface area (Å²) in [6.07, 6.45) is 1.71. The van der Waals surface area contributed by atoms with Crippen molar-refractivity contribution < 1.29 is 4.79 Å². The minimum atomic E-state index is 0.0528. The number of rotatable bonds is 5. The van der Waals surface area contributed by atoms with Gasteiger partial charge in [0, 0.05) is 24.3 Å². The van der Waals surface area contributed by atoms with Crippen molar-refractivity contribution in [1.82, 2.24) is 14.9 Å². The van der Waals surface area contributed by atoms with E-state index in [2.05, 4.69) is 15.3 Å². The quantitative estimate of drug-likeness (QED) is 0.775. The summed E-state index contributed by atoms with van der Waals surface area (Å²) in [5.74, 6) is 0.730. The molecule has 122 valence electrons. The second kappa shape index (κ2) is 7.08. The summed E-state index contributed by atoms with van der Waals surface area (Å²) in [7, 11) is 0. The van der Waals surface area contributed by atoms with E-state index in [1.54, 1.807) is 11.1 Å². The first kappa shape index (κ1) is 15.9. The van der Waals surface area contributed by atoms with Crippen LogP contribution in [0.5, 0.6) is 0 Å². The van der Waals surface area contributed by atoms with E-state index in [4.69, 9.17) is 0 Å². The molecule has 2 aromatic carbocycles. The molecule has 0 atom stereocenters. The van der Waals surface area contributed by atoms with Crippen LogP contribution in [0.25, 0.3) is 11.0 Å². The number of hydrogen-bond donors (Lipinski definition) is 1. The number of carbonyl (C=O) groups is 1. The van der Waals surface area contributed by atoms with Gasteiger partial charge in [-0.2, -0.15) is 0 Å². The molecule has 5 nitrogen and oxygen atoms in total. The highest BCUT2D eigenvalue weighted by atomic mass is 16.2. The lowest BCUT2D eigenvalue weighted by molar-refractivity contribution is 0.0773. The zero-order valence-electron chi connectivity index (χ0n) is 13.9. The van der Waals surface area contributed by atoms with Crippen LogP contribution in [0, 0.1) is 0 Å². The lowest BCUT2D eigenvalue weighted by Gasteiger charge is -2.18. The molecule has 0 unspecified atom stereocenters. The van der Waals surface area contributed by atoms with Gasteiger partial charge >= 0.3 is 0 Å². The Balaban J connectivity index is 1.76. The van der Waals surface area contributed by atoms with Gasteiger partial charge in [-0.1, -0.05) is 12.1 Å². The Bertz CT molecular complexity index is 841. The summed E-state index contributed by atoms with van der Waals surface area (Å²) in [6.45, 7) is 5.38. The van der Waals surface area contributed by atoms with Gasteiger partial charge in [0.05, 0.1) is 17.2 Å². The predicted molar refractivity (Wildman–Crippen MR) is 96.5 cm³/mol. The summed E-state index contributed by atoms with van der Waals surface area (Å²) in [4.78, 5) is 23.0. The molecule has 1 heterocycles. The summed E-state index contributed by atoms with van der Waals surface area (Å²) < 4.78 is 0. The number of fused-ring (bicyclic) bond motifs is 1. The molecule has 0 bridgehead atoms. The maximum Gasteiger partial charge on any atom is 0.253 e. The van der Waals surface area contributed by atoms with Crippen molar-refractivity contribution >= 4 is 28.4 Å². The van der Waals surface area contributed by atoms with E-state index in [9.17, 15) is 4.79 Å². The standard InChI is InChI=1S/C19H20N4O/c1-3-23(4-2)19(24)14-9-11-15(12-10-14)21-18-13-20-16-7-5-6-8-17(16)22-18/h5-13H,3-4H2,1-2H3,(H,21,22). The number of anilines is 2. The van der Waals surface area contributed by atoms with E-state index < -0.39 is 0 Å². The van der Waals surface area contributed by atoms with Crippen LogP contribution < -0.4 is 5.32 Å². The van der Waals surface area contributed by atoms with Gasteiger partial charge in [0.2, 0.25) is 0 Å². The molecule has 0 fully saturated rings. The van der Waals surface area contributed by atoms with Crippen LogP contribution in [0.3, 0.4) is 0 Å². The number of carbonyl (C=O) groups excluding carboxylic acids is 1. The van der Waals surface area contributed by atoms with Gasteiger partial charge in [-0.3, -0.25) is 9.78 Å². The monoisotopic (exact) mass is 320 g/mol. The Morgan fingerprint density at radius 1 is 1.00 bits per heavy atom. The van der Waals surface area contributed by atoms with Crippen LogP contribution in [0.2, 0.25) is 0 Å².